The number of carbonyl (C=O) groups excluding carboxylic acids is 2. The van der Waals surface area contributed by atoms with E-state index >= 15 is 0 Å². The quantitative estimate of drug-likeness (QED) is 0.422. The van der Waals surface area contributed by atoms with Crippen LogP contribution in [-0.4, -0.2) is 89.4 Å². The molecule has 2 saturated heterocycles. The van der Waals surface area contributed by atoms with Crippen LogP contribution in [0.15, 0.2) is 6.07 Å². The van der Waals surface area contributed by atoms with Crippen molar-refractivity contribution in [2.24, 2.45) is 0 Å². The highest BCUT2D eigenvalue weighted by Gasteiger charge is 2.60. The van der Waals surface area contributed by atoms with E-state index in [0.29, 0.717) is 40.4 Å². The van der Waals surface area contributed by atoms with Crippen molar-refractivity contribution in [1.29, 1.82) is 5.26 Å². The first-order valence-electron chi connectivity index (χ1n) is 14.6. The molecule has 0 saturated carbocycles. The lowest BCUT2D eigenvalue weighted by molar-refractivity contribution is -0.152. The number of nitriles is 1. The third-order valence-electron chi connectivity index (χ3n) is 9.82. The van der Waals surface area contributed by atoms with Crippen LogP contribution in [0.25, 0.3) is 0 Å². The second kappa shape index (κ2) is 10.4. The number of rotatable bonds is 2. The molecule has 2 aromatic rings. The maximum absolute atomic E-state index is 13.3. The highest BCUT2D eigenvalue weighted by Crippen LogP contribution is 2.63. The number of methoxy groups -OCH3 is 1. The average Bonchev–Trinajstić information content (AvgIpc) is 3.47. The van der Waals surface area contributed by atoms with Crippen molar-refractivity contribution >= 4 is 23.6 Å². The van der Waals surface area contributed by atoms with Gasteiger partial charge in [-0.3, -0.25) is 14.6 Å². The molecule has 0 spiro atoms. The molecule has 12 nitrogen and oxygen atoms in total. The summed E-state index contributed by atoms with van der Waals surface area (Å²) in [6.45, 7) is 4.83. The number of ether oxygens (including phenoxy) is 4. The van der Waals surface area contributed by atoms with Gasteiger partial charge in [-0.15, -0.1) is 11.8 Å². The molecule has 4 unspecified atom stereocenters. The minimum atomic E-state index is -0.915. The summed E-state index contributed by atoms with van der Waals surface area (Å²) >= 11 is 1.40. The summed E-state index contributed by atoms with van der Waals surface area (Å²) < 4.78 is 23.3. The minimum Gasteiger partial charge on any atom is -0.507 e. The zero-order valence-electron chi connectivity index (χ0n) is 25.0. The standard InChI is InChI=1S/C31H34N4O8S/c1-12-6-15-7-17-18(8-32)35-19-9-41-31(39)16(33-14(3)36)10-44-30(22-21(19)29-28(42-11-43-29)13(2)25(22)37)24(35)23(34(17)4)20(15)26(38)27(12)40-5/h6,16-19,23-24,30,37-38H,7,9-11H2,1-5H3,(H,33,36)/t16?,17?,18-,19-,23?,24?,30+/m0/s1. The summed E-state index contributed by atoms with van der Waals surface area (Å²) in [5, 5.41) is 36.6. The summed E-state index contributed by atoms with van der Waals surface area (Å²) in [5.74, 6) is 0.614. The molecule has 1 amide bonds. The van der Waals surface area contributed by atoms with Crippen LogP contribution in [0.1, 0.15) is 57.6 Å². The molecule has 0 aliphatic carbocycles. The lowest BCUT2D eigenvalue weighted by Gasteiger charge is -2.61. The maximum Gasteiger partial charge on any atom is 0.329 e. The van der Waals surface area contributed by atoms with E-state index < -0.39 is 41.4 Å². The predicted molar refractivity (Wildman–Crippen MR) is 158 cm³/mol. The van der Waals surface area contributed by atoms with Crippen molar-refractivity contribution < 1.29 is 38.7 Å². The Morgan fingerprint density at radius 1 is 1.16 bits per heavy atom. The zero-order valence-corrected chi connectivity index (χ0v) is 25.9. The van der Waals surface area contributed by atoms with Gasteiger partial charge in [0, 0.05) is 47.0 Å². The molecule has 5 aliphatic rings. The van der Waals surface area contributed by atoms with Crippen molar-refractivity contribution in [1.82, 2.24) is 15.1 Å². The van der Waals surface area contributed by atoms with E-state index in [-0.39, 0.29) is 42.6 Å². The summed E-state index contributed by atoms with van der Waals surface area (Å²) in [6.07, 6.45) is 0.515. The van der Waals surface area contributed by atoms with Crippen LogP contribution in [0.2, 0.25) is 0 Å². The van der Waals surface area contributed by atoms with E-state index in [0.717, 1.165) is 16.7 Å². The minimum absolute atomic E-state index is 0.0273. The molecule has 2 aromatic carbocycles. The van der Waals surface area contributed by atoms with Crippen LogP contribution >= 0.6 is 11.8 Å². The Hall–Kier alpha value is -3.86. The van der Waals surface area contributed by atoms with Gasteiger partial charge in [0.25, 0.3) is 0 Å². The lowest BCUT2D eigenvalue weighted by atomic mass is 9.71. The van der Waals surface area contributed by atoms with E-state index in [1.165, 1.54) is 25.8 Å². The molecule has 0 aromatic heterocycles. The molecular weight excluding hydrogens is 588 g/mol. The van der Waals surface area contributed by atoms with Crippen LogP contribution in [0, 0.1) is 25.2 Å². The second-order valence-corrected chi connectivity index (χ2v) is 13.2. The van der Waals surface area contributed by atoms with Crippen LogP contribution in [0.5, 0.6) is 28.7 Å². The van der Waals surface area contributed by atoms with Crippen molar-refractivity contribution in [3.8, 4) is 34.8 Å². The Morgan fingerprint density at radius 2 is 1.91 bits per heavy atom. The number of fused-ring (bicyclic) bond motifs is 9. The van der Waals surface area contributed by atoms with Crippen molar-refractivity contribution in [3.05, 3.63) is 39.4 Å². The number of aryl methyl sites for hydroxylation is 1. The molecule has 7 rings (SSSR count). The van der Waals surface area contributed by atoms with Crippen LogP contribution in [0.3, 0.4) is 0 Å². The Kier molecular flexibility index (Phi) is 6.80. The molecule has 2 fully saturated rings. The van der Waals surface area contributed by atoms with E-state index in [2.05, 4.69) is 21.2 Å². The first kappa shape index (κ1) is 28.9. The fourth-order valence-corrected chi connectivity index (χ4v) is 9.56. The predicted octanol–water partition coefficient (Wildman–Crippen LogP) is 2.52. The van der Waals surface area contributed by atoms with Crippen molar-refractivity contribution in [2.75, 3.05) is 33.3 Å². The summed E-state index contributed by atoms with van der Waals surface area (Å²) in [7, 11) is 3.49. The zero-order chi connectivity index (χ0) is 31.2. The number of hydrogen-bond donors (Lipinski definition) is 3. The number of hydrogen-bond acceptors (Lipinski definition) is 12. The number of phenols is 2. The molecule has 5 heterocycles. The monoisotopic (exact) mass is 622 g/mol. The van der Waals surface area contributed by atoms with E-state index in [9.17, 15) is 25.1 Å². The van der Waals surface area contributed by atoms with Gasteiger partial charge in [0.15, 0.2) is 23.0 Å². The molecule has 0 radical (unpaired) electrons. The number of carbonyl (C=O) groups is 2. The molecule has 4 bridgehead atoms. The van der Waals surface area contributed by atoms with Gasteiger partial charge < -0.3 is 34.5 Å². The van der Waals surface area contributed by atoms with Gasteiger partial charge in [0.1, 0.15) is 24.4 Å². The Balaban J connectivity index is 1.51. The third-order valence-corrected chi connectivity index (χ3v) is 11.2. The largest absolute Gasteiger partial charge is 0.507 e. The van der Waals surface area contributed by atoms with Crippen LogP contribution in [-0.2, 0) is 20.7 Å². The number of phenolic OH excluding ortho intramolecular Hbond substituents is 2. The highest BCUT2D eigenvalue weighted by atomic mass is 32.2. The van der Waals surface area contributed by atoms with Gasteiger partial charge in [-0.25, -0.2) is 4.79 Å². The number of amides is 1. The fraction of sp³-hybridized carbons (Fsp3) is 0.516. The number of piperazine rings is 1. The SMILES string of the molecule is COc1c(C)cc2c(c1O)C1C3[C@@H]4SCC(NC(C)=O)C(=O)OC[C@@H](c5c6c(c(C)c(O)c54)OCO6)N3[C@@H](C#N)C(C2)N1C. The first-order chi connectivity index (χ1) is 21.1. The highest BCUT2D eigenvalue weighted by molar-refractivity contribution is 7.99. The number of likely N-dealkylation sites (N-methyl/N-ethyl adjacent to an activating group) is 1. The molecule has 13 heteroatoms. The van der Waals surface area contributed by atoms with Crippen molar-refractivity contribution in [3.63, 3.8) is 0 Å². The van der Waals surface area contributed by atoms with Crippen LogP contribution < -0.4 is 19.5 Å². The van der Waals surface area contributed by atoms with E-state index in [4.69, 9.17) is 18.9 Å². The number of aromatic hydroxyl groups is 2. The molecule has 44 heavy (non-hydrogen) atoms. The number of thioether (sulfide) groups is 1. The lowest BCUT2D eigenvalue weighted by Crippen LogP contribution is -2.69. The maximum atomic E-state index is 13.3. The van der Waals surface area contributed by atoms with Crippen molar-refractivity contribution in [2.45, 2.75) is 68.7 Å². The van der Waals surface area contributed by atoms with Gasteiger partial charge >= 0.3 is 5.97 Å². The summed E-state index contributed by atoms with van der Waals surface area (Å²) in [5.41, 5.74) is 4.25. The smallest absolute Gasteiger partial charge is 0.329 e. The Labute approximate surface area is 258 Å². The van der Waals surface area contributed by atoms with E-state index in [1.54, 1.807) is 6.92 Å². The molecular formula is C31H34N4O8S. The normalized spacial score (nSPS) is 30.4. The van der Waals surface area contributed by atoms with Gasteiger partial charge in [-0.05, 0) is 38.4 Å². The molecule has 3 N–H and O–H groups in total. The van der Waals surface area contributed by atoms with E-state index in [1.807, 2.05) is 20.0 Å². The van der Waals surface area contributed by atoms with Gasteiger partial charge in [0.2, 0.25) is 12.7 Å². The number of nitrogens with one attached hydrogen (secondary N) is 1. The Morgan fingerprint density at radius 3 is 2.61 bits per heavy atom. The van der Waals surface area contributed by atoms with Gasteiger partial charge in [-0.2, -0.15) is 5.26 Å². The Bertz CT molecular complexity index is 1640. The number of nitrogens with zero attached hydrogens (tertiary/aromatic N) is 3. The molecule has 7 atom stereocenters. The average molecular weight is 623 g/mol. The fourth-order valence-electron chi connectivity index (χ4n) is 8.05. The number of cyclic esters (lactones) is 1. The summed E-state index contributed by atoms with van der Waals surface area (Å²) in [6, 6.07) is 1.22. The topological polar surface area (TPSA) is 154 Å². The van der Waals surface area contributed by atoms with Crippen LogP contribution in [0.4, 0.5) is 0 Å². The first-order valence-corrected chi connectivity index (χ1v) is 15.6. The van der Waals surface area contributed by atoms with Gasteiger partial charge in [0.05, 0.1) is 30.5 Å². The number of esters is 1. The second-order valence-electron chi connectivity index (χ2n) is 12.1. The third kappa shape index (κ3) is 3.90. The molecule has 232 valence electrons. The van der Waals surface area contributed by atoms with Gasteiger partial charge in [-0.1, -0.05) is 6.07 Å². The number of benzene rings is 2. The molecule has 5 aliphatic heterocycles. The summed E-state index contributed by atoms with van der Waals surface area (Å²) in [4.78, 5) is 29.6.